The summed E-state index contributed by atoms with van der Waals surface area (Å²) >= 11 is 7.52. The van der Waals surface area contributed by atoms with Crippen LogP contribution >= 0.6 is 22.9 Å². The molecule has 0 aliphatic carbocycles. The van der Waals surface area contributed by atoms with Crippen LogP contribution in [0.5, 0.6) is 5.75 Å². The number of fused-ring (bicyclic) bond motifs is 1. The molecule has 0 unspecified atom stereocenters. The average Bonchev–Trinajstić information content (AvgIpc) is 2.80. The number of rotatable bonds is 1. The quantitative estimate of drug-likeness (QED) is 0.658. The van der Waals surface area contributed by atoms with Crippen molar-refractivity contribution < 1.29 is 5.11 Å². The third kappa shape index (κ3) is 1.79. The summed E-state index contributed by atoms with van der Waals surface area (Å²) in [6.07, 6.45) is 0. The molecule has 3 heteroatoms. The number of halogens is 1. The lowest BCUT2D eigenvalue weighted by Gasteiger charge is -2.05. The van der Waals surface area contributed by atoms with Crippen molar-refractivity contribution in [3.8, 4) is 16.9 Å². The smallest absolute Gasteiger partial charge is 0.134 e. The zero-order valence-corrected chi connectivity index (χ0v) is 10.4. The van der Waals surface area contributed by atoms with Crippen LogP contribution < -0.4 is 0 Å². The predicted octanol–water partition coefficient (Wildman–Crippen LogP) is 4.93. The number of phenolic OH excluding ortho intramolecular Hbond substituents is 1. The summed E-state index contributed by atoms with van der Waals surface area (Å²) < 4.78 is 1.23. The van der Waals surface area contributed by atoms with Gasteiger partial charge in [-0.2, -0.15) is 0 Å². The second kappa shape index (κ2) is 4.06. The first-order valence-corrected chi connectivity index (χ1v) is 6.46. The standard InChI is InChI=1S/C14H9ClOS/c15-12-5-4-10(8-13(12)16)11-3-1-2-9-6-7-17-14(9)11/h1-8,16H. The second-order valence-corrected chi connectivity index (χ2v) is 5.13. The van der Waals surface area contributed by atoms with Crippen LogP contribution in [-0.4, -0.2) is 5.11 Å². The second-order valence-electron chi connectivity index (χ2n) is 3.81. The van der Waals surface area contributed by atoms with Crippen molar-refractivity contribution in [1.82, 2.24) is 0 Å². The van der Waals surface area contributed by atoms with Crippen molar-refractivity contribution in [2.24, 2.45) is 0 Å². The van der Waals surface area contributed by atoms with Gasteiger partial charge in [-0.1, -0.05) is 35.9 Å². The lowest BCUT2D eigenvalue weighted by atomic mass is 10.0. The van der Waals surface area contributed by atoms with Gasteiger partial charge in [-0.3, -0.25) is 0 Å². The van der Waals surface area contributed by atoms with Crippen LogP contribution in [0.2, 0.25) is 5.02 Å². The molecule has 0 amide bonds. The van der Waals surface area contributed by atoms with E-state index in [-0.39, 0.29) is 5.75 Å². The highest BCUT2D eigenvalue weighted by atomic mass is 35.5. The zero-order chi connectivity index (χ0) is 11.8. The molecule has 17 heavy (non-hydrogen) atoms. The Balaban J connectivity index is 2.26. The molecule has 1 nitrogen and oxygen atoms in total. The van der Waals surface area contributed by atoms with Crippen molar-refractivity contribution in [3.63, 3.8) is 0 Å². The molecule has 2 aromatic carbocycles. The molecule has 0 atom stereocenters. The Kier molecular flexibility index (Phi) is 2.54. The minimum absolute atomic E-state index is 0.123. The SMILES string of the molecule is Oc1cc(-c2cccc3ccsc23)ccc1Cl. The fourth-order valence-electron chi connectivity index (χ4n) is 1.90. The van der Waals surface area contributed by atoms with Gasteiger partial charge in [0, 0.05) is 4.70 Å². The van der Waals surface area contributed by atoms with Crippen molar-refractivity contribution in [2.75, 3.05) is 0 Å². The number of aromatic hydroxyl groups is 1. The van der Waals surface area contributed by atoms with E-state index in [0.29, 0.717) is 5.02 Å². The molecule has 0 aliphatic heterocycles. The topological polar surface area (TPSA) is 20.2 Å². The van der Waals surface area contributed by atoms with Crippen molar-refractivity contribution in [2.45, 2.75) is 0 Å². The van der Waals surface area contributed by atoms with E-state index in [1.807, 2.05) is 12.1 Å². The molecule has 0 spiro atoms. The molecule has 3 aromatic rings. The Bertz CT molecular complexity index is 688. The molecule has 1 aromatic heterocycles. The van der Waals surface area contributed by atoms with E-state index in [0.717, 1.165) is 11.1 Å². The Morgan fingerprint density at radius 2 is 1.94 bits per heavy atom. The highest BCUT2D eigenvalue weighted by Gasteiger charge is 2.06. The largest absolute Gasteiger partial charge is 0.506 e. The molecule has 0 radical (unpaired) electrons. The minimum Gasteiger partial charge on any atom is -0.506 e. The first-order valence-electron chi connectivity index (χ1n) is 5.21. The molecule has 0 fully saturated rings. The van der Waals surface area contributed by atoms with E-state index in [1.165, 1.54) is 10.1 Å². The molecule has 3 rings (SSSR count). The van der Waals surface area contributed by atoms with Gasteiger partial charge in [0.25, 0.3) is 0 Å². The monoisotopic (exact) mass is 260 g/mol. The summed E-state index contributed by atoms with van der Waals surface area (Å²) in [4.78, 5) is 0. The van der Waals surface area contributed by atoms with Crippen LogP contribution in [0.1, 0.15) is 0 Å². The summed E-state index contributed by atoms with van der Waals surface area (Å²) in [5.41, 5.74) is 2.12. The Morgan fingerprint density at radius 1 is 1.06 bits per heavy atom. The van der Waals surface area contributed by atoms with Crippen LogP contribution in [0.4, 0.5) is 0 Å². The number of thiophene rings is 1. The van der Waals surface area contributed by atoms with Gasteiger partial charge in [-0.25, -0.2) is 0 Å². The molecule has 0 bridgehead atoms. The molecule has 1 heterocycles. The molecule has 0 aliphatic rings. The maximum atomic E-state index is 9.66. The predicted molar refractivity (Wildman–Crippen MR) is 73.9 cm³/mol. The van der Waals surface area contributed by atoms with Crippen molar-refractivity contribution in [3.05, 3.63) is 52.9 Å². The first kappa shape index (κ1) is 10.6. The summed E-state index contributed by atoms with van der Waals surface area (Å²) in [5.74, 6) is 0.123. The van der Waals surface area contributed by atoms with Gasteiger partial charge >= 0.3 is 0 Å². The van der Waals surface area contributed by atoms with Gasteiger partial charge in [0.05, 0.1) is 5.02 Å². The summed E-state index contributed by atoms with van der Waals surface area (Å²) in [7, 11) is 0. The number of phenols is 1. The summed E-state index contributed by atoms with van der Waals surface area (Å²) in [5, 5.41) is 13.3. The third-order valence-corrected chi connectivity index (χ3v) is 4.02. The van der Waals surface area contributed by atoms with Crippen LogP contribution in [0, 0.1) is 0 Å². The van der Waals surface area contributed by atoms with Crippen molar-refractivity contribution in [1.29, 1.82) is 0 Å². The minimum atomic E-state index is 0.123. The number of hydrogen-bond donors (Lipinski definition) is 1. The lowest BCUT2D eigenvalue weighted by Crippen LogP contribution is -1.78. The maximum absolute atomic E-state index is 9.66. The first-order chi connectivity index (χ1) is 8.25. The van der Waals surface area contributed by atoms with Gasteiger partial charge in [0.1, 0.15) is 5.75 Å². The molecule has 1 N–H and O–H groups in total. The van der Waals surface area contributed by atoms with Gasteiger partial charge in [-0.05, 0) is 40.1 Å². The van der Waals surface area contributed by atoms with Crippen LogP contribution in [0.25, 0.3) is 21.2 Å². The van der Waals surface area contributed by atoms with Gasteiger partial charge in [-0.15, -0.1) is 11.3 Å². The number of benzene rings is 2. The fourth-order valence-corrected chi connectivity index (χ4v) is 2.95. The molecule has 0 saturated carbocycles. The van der Waals surface area contributed by atoms with Gasteiger partial charge in [0.2, 0.25) is 0 Å². The molecular weight excluding hydrogens is 252 g/mol. The highest BCUT2D eigenvalue weighted by Crippen LogP contribution is 2.35. The normalized spacial score (nSPS) is 10.9. The maximum Gasteiger partial charge on any atom is 0.134 e. The van der Waals surface area contributed by atoms with Crippen LogP contribution in [0.15, 0.2) is 47.8 Å². The Morgan fingerprint density at radius 3 is 2.76 bits per heavy atom. The molecule has 84 valence electrons. The van der Waals surface area contributed by atoms with E-state index >= 15 is 0 Å². The van der Waals surface area contributed by atoms with E-state index in [2.05, 4.69) is 23.6 Å². The van der Waals surface area contributed by atoms with Crippen LogP contribution in [-0.2, 0) is 0 Å². The van der Waals surface area contributed by atoms with Gasteiger partial charge < -0.3 is 5.11 Å². The number of hydrogen-bond acceptors (Lipinski definition) is 2. The Labute approximate surface area is 108 Å². The average molecular weight is 261 g/mol. The van der Waals surface area contributed by atoms with E-state index in [9.17, 15) is 5.11 Å². The summed E-state index contributed by atoms with van der Waals surface area (Å²) in [6.45, 7) is 0. The summed E-state index contributed by atoms with van der Waals surface area (Å²) in [6, 6.07) is 13.6. The van der Waals surface area contributed by atoms with Gasteiger partial charge in [0.15, 0.2) is 0 Å². The Hall–Kier alpha value is -1.51. The highest BCUT2D eigenvalue weighted by molar-refractivity contribution is 7.17. The van der Waals surface area contributed by atoms with Crippen molar-refractivity contribution >= 4 is 33.0 Å². The molecular formula is C14H9ClOS. The molecule has 0 saturated heterocycles. The van der Waals surface area contributed by atoms with E-state index in [4.69, 9.17) is 11.6 Å². The zero-order valence-electron chi connectivity index (χ0n) is 8.85. The van der Waals surface area contributed by atoms with Crippen LogP contribution in [0.3, 0.4) is 0 Å². The fraction of sp³-hybridized carbons (Fsp3) is 0. The third-order valence-electron chi connectivity index (χ3n) is 2.74. The lowest BCUT2D eigenvalue weighted by molar-refractivity contribution is 0.476. The van der Waals surface area contributed by atoms with E-state index < -0.39 is 0 Å². The van der Waals surface area contributed by atoms with E-state index in [1.54, 1.807) is 23.5 Å².